The summed E-state index contributed by atoms with van der Waals surface area (Å²) >= 11 is 0. The molecular formula is C7H15NO4. The van der Waals surface area contributed by atoms with Crippen LogP contribution in [-0.2, 0) is 14.3 Å². The summed E-state index contributed by atoms with van der Waals surface area (Å²) in [5.74, 6) is -0.961. The van der Waals surface area contributed by atoms with E-state index in [1.165, 1.54) is 0 Å². The number of hydrogen-bond donors (Lipinski definition) is 2. The zero-order valence-electron chi connectivity index (χ0n) is 6.99. The van der Waals surface area contributed by atoms with Crippen LogP contribution in [-0.4, -0.2) is 44.0 Å². The Morgan fingerprint density at radius 1 is 1.25 bits per heavy atom. The molecule has 3 N–H and O–H groups in total. The monoisotopic (exact) mass is 177 g/mol. The van der Waals surface area contributed by atoms with Crippen molar-refractivity contribution < 1.29 is 19.4 Å². The van der Waals surface area contributed by atoms with Gasteiger partial charge in [-0.15, -0.1) is 0 Å². The number of ether oxygens (including phenoxy) is 2. The summed E-state index contributed by atoms with van der Waals surface area (Å²) in [7, 11) is 0. The predicted molar refractivity (Wildman–Crippen MR) is 42.9 cm³/mol. The molecule has 0 rings (SSSR count). The molecule has 0 aromatic heterocycles. The van der Waals surface area contributed by atoms with Crippen LogP contribution in [0.4, 0.5) is 0 Å². The molecule has 0 bridgehead atoms. The third-order valence-corrected chi connectivity index (χ3v) is 1.09. The van der Waals surface area contributed by atoms with Gasteiger partial charge in [-0.2, -0.15) is 0 Å². The van der Waals surface area contributed by atoms with E-state index < -0.39 is 5.97 Å². The van der Waals surface area contributed by atoms with E-state index in [2.05, 4.69) is 0 Å². The van der Waals surface area contributed by atoms with Gasteiger partial charge in [0.2, 0.25) is 0 Å². The normalized spacial score (nSPS) is 10.1. The van der Waals surface area contributed by atoms with Crippen molar-refractivity contribution in [3.8, 4) is 0 Å². The minimum Gasteiger partial charge on any atom is -0.480 e. The number of rotatable bonds is 8. The molecule has 12 heavy (non-hydrogen) atoms. The van der Waals surface area contributed by atoms with Gasteiger partial charge in [-0.25, -0.2) is 4.79 Å². The van der Waals surface area contributed by atoms with Crippen LogP contribution < -0.4 is 5.73 Å². The number of carboxylic acids is 1. The summed E-state index contributed by atoms with van der Waals surface area (Å²) in [5.41, 5.74) is 5.22. The van der Waals surface area contributed by atoms with Gasteiger partial charge in [0.15, 0.2) is 0 Å². The molecule has 0 atom stereocenters. The number of carbonyl (C=O) groups is 1. The van der Waals surface area contributed by atoms with Crippen LogP contribution in [0.3, 0.4) is 0 Å². The highest BCUT2D eigenvalue weighted by Crippen LogP contribution is 1.81. The van der Waals surface area contributed by atoms with Crippen molar-refractivity contribution in [1.82, 2.24) is 0 Å². The minimum absolute atomic E-state index is 0.264. The molecule has 5 nitrogen and oxygen atoms in total. The zero-order valence-corrected chi connectivity index (χ0v) is 6.99. The molecule has 0 saturated heterocycles. The molecule has 0 saturated carbocycles. The van der Waals surface area contributed by atoms with Gasteiger partial charge in [-0.3, -0.25) is 0 Å². The average molecular weight is 177 g/mol. The maximum Gasteiger partial charge on any atom is 0.329 e. The van der Waals surface area contributed by atoms with Gasteiger partial charge in [0.05, 0.1) is 13.2 Å². The van der Waals surface area contributed by atoms with E-state index in [9.17, 15) is 4.79 Å². The van der Waals surface area contributed by atoms with E-state index in [1.54, 1.807) is 0 Å². The summed E-state index contributed by atoms with van der Waals surface area (Å²) in [6, 6.07) is 0. The second kappa shape index (κ2) is 8.45. The lowest BCUT2D eigenvalue weighted by Gasteiger charge is -2.02. The molecule has 0 aliphatic heterocycles. The Kier molecular flexibility index (Phi) is 7.99. The number of carboxylic acid groups (broad SMARTS) is 1. The fourth-order valence-electron chi connectivity index (χ4n) is 0.565. The van der Waals surface area contributed by atoms with Crippen molar-refractivity contribution in [2.75, 3.05) is 33.0 Å². The number of aliphatic carboxylic acids is 1. The summed E-state index contributed by atoms with van der Waals surface area (Å²) in [5, 5.41) is 8.17. The van der Waals surface area contributed by atoms with E-state index in [-0.39, 0.29) is 6.61 Å². The van der Waals surface area contributed by atoms with Gasteiger partial charge >= 0.3 is 5.97 Å². The standard InChI is InChI=1S/C7H15NO4/c8-2-1-3-11-4-5-12-6-7(9)10/h1-6,8H2,(H,9,10). The van der Waals surface area contributed by atoms with Crippen LogP contribution in [0.5, 0.6) is 0 Å². The van der Waals surface area contributed by atoms with E-state index in [0.717, 1.165) is 6.42 Å². The van der Waals surface area contributed by atoms with Gasteiger partial charge in [-0.1, -0.05) is 0 Å². The molecule has 0 heterocycles. The number of hydrogen-bond acceptors (Lipinski definition) is 4. The van der Waals surface area contributed by atoms with E-state index in [1.807, 2.05) is 0 Å². The summed E-state index contributed by atoms with van der Waals surface area (Å²) in [6.45, 7) is 1.69. The summed E-state index contributed by atoms with van der Waals surface area (Å²) in [4.78, 5) is 9.95. The van der Waals surface area contributed by atoms with Crippen LogP contribution in [0.25, 0.3) is 0 Å². The maximum atomic E-state index is 9.95. The maximum absolute atomic E-state index is 9.95. The van der Waals surface area contributed by atoms with E-state index in [0.29, 0.717) is 26.4 Å². The molecule has 0 aromatic carbocycles. The molecule has 0 fully saturated rings. The molecule has 0 spiro atoms. The Morgan fingerprint density at radius 2 is 1.92 bits per heavy atom. The Hall–Kier alpha value is -0.650. The van der Waals surface area contributed by atoms with Crippen molar-refractivity contribution >= 4 is 5.97 Å². The van der Waals surface area contributed by atoms with Crippen LogP contribution in [0, 0.1) is 0 Å². The third-order valence-electron chi connectivity index (χ3n) is 1.09. The van der Waals surface area contributed by atoms with Gasteiger partial charge in [0, 0.05) is 6.61 Å². The molecule has 0 aliphatic carbocycles. The van der Waals surface area contributed by atoms with Crippen molar-refractivity contribution in [2.45, 2.75) is 6.42 Å². The Balaban J connectivity index is 2.86. The molecule has 0 aliphatic rings. The largest absolute Gasteiger partial charge is 0.480 e. The summed E-state index contributed by atoms with van der Waals surface area (Å²) in [6.07, 6.45) is 0.818. The molecule has 0 amide bonds. The Morgan fingerprint density at radius 3 is 2.50 bits per heavy atom. The number of nitrogens with two attached hydrogens (primary N) is 1. The first-order valence-electron chi connectivity index (χ1n) is 3.84. The Labute approximate surface area is 71.5 Å². The highest BCUT2D eigenvalue weighted by Gasteiger charge is 1.94. The lowest BCUT2D eigenvalue weighted by atomic mass is 10.5. The third kappa shape index (κ3) is 9.35. The smallest absolute Gasteiger partial charge is 0.329 e. The SMILES string of the molecule is NCCCOCCOCC(=O)O. The second-order valence-corrected chi connectivity index (χ2v) is 2.20. The molecule has 72 valence electrons. The van der Waals surface area contributed by atoms with Gasteiger partial charge in [0.25, 0.3) is 0 Å². The zero-order chi connectivity index (χ0) is 9.23. The Bertz CT molecular complexity index is 118. The van der Waals surface area contributed by atoms with Gasteiger partial charge < -0.3 is 20.3 Å². The lowest BCUT2D eigenvalue weighted by molar-refractivity contribution is -0.142. The molecule has 5 heteroatoms. The highest BCUT2D eigenvalue weighted by atomic mass is 16.5. The fraction of sp³-hybridized carbons (Fsp3) is 0.857. The topological polar surface area (TPSA) is 81.8 Å². The first-order valence-corrected chi connectivity index (χ1v) is 3.84. The molecular weight excluding hydrogens is 162 g/mol. The van der Waals surface area contributed by atoms with E-state index in [4.69, 9.17) is 20.3 Å². The quantitative estimate of drug-likeness (QED) is 0.486. The predicted octanol–water partition coefficient (Wildman–Crippen LogP) is -0.547. The van der Waals surface area contributed by atoms with Gasteiger partial charge in [0.1, 0.15) is 6.61 Å². The van der Waals surface area contributed by atoms with Crippen molar-refractivity contribution in [3.05, 3.63) is 0 Å². The molecule has 0 aromatic rings. The van der Waals surface area contributed by atoms with Crippen LogP contribution in [0.15, 0.2) is 0 Å². The summed E-state index contributed by atoms with van der Waals surface area (Å²) < 4.78 is 9.78. The first kappa shape index (κ1) is 11.4. The second-order valence-electron chi connectivity index (χ2n) is 2.20. The van der Waals surface area contributed by atoms with E-state index >= 15 is 0 Å². The first-order chi connectivity index (χ1) is 5.77. The lowest BCUT2D eigenvalue weighted by Crippen LogP contribution is -2.12. The molecule has 0 radical (unpaired) electrons. The van der Waals surface area contributed by atoms with Crippen molar-refractivity contribution in [2.24, 2.45) is 5.73 Å². The van der Waals surface area contributed by atoms with Crippen molar-refractivity contribution in [1.29, 1.82) is 0 Å². The fourth-order valence-corrected chi connectivity index (χ4v) is 0.565. The van der Waals surface area contributed by atoms with Gasteiger partial charge in [-0.05, 0) is 13.0 Å². The average Bonchev–Trinajstić information content (AvgIpc) is 2.02. The minimum atomic E-state index is -0.961. The van der Waals surface area contributed by atoms with Crippen LogP contribution in [0.1, 0.15) is 6.42 Å². The van der Waals surface area contributed by atoms with Crippen molar-refractivity contribution in [3.63, 3.8) is 0 Å². The highest BCUT2D eigenvalue weighted by molar-refractivity contribution is 5.67. The van der Waals surface area contributed by atoms with Crippen LogP contribution in [0.2, 0.25) is 0 Å². The molecule has 0 unspecified atom stereocenters. The van der Waals surface area contributed by atoms with Crippen LogP contribution >= 0.6 is 0 Å².